The largest absolute Gasteiger partial charge is 0.497 e. The first kappa shape index (κ1) is 24.2. The molecule has 0 bridgehead atoms. The molecule has 3 aromatic carbocycles. The van der Waals surface area contributed by atoms with Gasteiger partial charge in [0.15, 0.2) is 0 Å². The Hall–Kier alpha value is -3.98. The van der Waals surface area contributed by atoms with Crippen molar-refractivity contribution in [3.8, 4) is 23.0 Å². The lowest BCUT2D eigenvalue weighted by Crippen LogP contribution is -2.11. The van der Waals surface area contributed by atoms with Crippen LogP contribution in [-0.4, -0.2) is 37.2 Å². The Morgan fingerprint density at radius 3 is 2.11 bits per heavy atom. The summed E-state index contributed by atoms with van der Waals surface area (Å²) in [6.07, 6.45) is 1.56. The standard InChI is InChI=1S/C26H25NO7S/c1-3-33-22-11-14-25-24(16-22)18(4-15-26(28)29)17-27(25)35(30,31)23-12-9-21(10-13-23)34-20-7-5-19(32-2)6-8-20/h5-14,16-17H,3-4,15H2,1-2H3,(H,28,29). The van der Waals surface area contributed by atoms with Gasteiger partial charge in [-0.1, -0.05) is 0 Å². The number of benzene rings is 3. The van der Waals surface area contributed by atoms with Crippen LogP contribution in [0, 0.1) is 0 Å². The first-order chi connectivity index (χ1) is 16.8. The van der Waals surface area contributed by atoms with E-state index in [1.807, 2.05) is 6.92 Å². The molecular formula is C26H25NO7S. The van der Waals surface area contributed by atoms with E-state index in [9.17, 15) is 13.2 Å². The lowest BCUT2D eigenvalue weighted by molar-refractivity contribution is -0.136. The van der Waals surface area contributed by atoms with Gasteiger partial charge in [-0.2, -0.15) is 0 Å². The van der Waals surface area contributed by atoms with Crippen LogP contribution in [0.4, 0.5) is 0 Å². The maximum atomic E-state index is 13.5. The highest BCUT2D eigenvalue weighted by atomic mass is 32.2. The van der Waals surface area contributed by atoms with Gasteiger partial charge in [-0.15, -0.1) is 0 Å². The number of aliphatic carboxylic acids is 1. The average molecular weight is 496 g/mol. The summed E-state index contributed by atoms with van der Waals surface area (Å²) in [6.45, 7) is 2.31. The predicted octanol–water partition coefficient (Wildman–Crippen LogP) is 5.10. The normalized spacial score (nSPS) is 11.4. The van der Waals surface area contributed by atoms with Crippen molar-refractivity contribution in [2.75, 3.05) is 13.7 Å². The van der Waals surface area contributed by atoms with Gasteiger partial charge in [-0.3, -0.25) is 4.79 Å². The number of aromatic nitrogens is 1. The molecule has 0 spiro atoms. The van der Waals surface area contributed by atoms with Crippen LogP contribution in [0.3, 0.4) is 0 Å². The van der Waals surface area contributed by atoms with E-state index >= 15 is 0 Å². The highest BCUT2D eigenvalue weighted by Crippen LogP contribution is 2.31. The number of ether oxygens (including phenoxy) is 3. The molecule has 0 fully saturated rings. The number of aryl methyl sites for hydroxylation is 1. The molecule has 0 aliphatic heterocycles. The van der Waals surface area contributed by atoms with Crippen molar-refractivity contribution >= 4 is 26.9 Å². The van der Waals surface area contributed by atoms with Gasteiger partial charge in [0.05, 0.1) is 24.1 Å². The Balaban J connectivity index is 1.66. The number of fused-ring (bicyclic) bond motifs is 1. The van der Waals surface area contributed by atoms with E-state index in [4.69, 9.17) is 19.3 Å². The van der Waals surface area contributed by atoms with Crippen LogP contribution >= 0.6 is 0 Å². The first-order valence-corrected chi connectivity index (χ1v) is 12.4. The lowest BCUT2D eigenvalue weighted by Gasteiger charge is -2.10. The Kier molecular flexibility index (Phi) is 6.97. The van der Waals surface area contributed by atoms with Gasteiger partial charge < -0.3 is 19.3 Å². The second-order valence-corrected chi connectivity index (χ2v) is 9.52. The minimum atomic E-state index is -3.95. The third-order valence-corrected chi connectivity index (χ3v) is 7.11. The van der Waals surface area contributed by atoms with Gasteiger partial charge in [-0.05, 0) is 85.6 Å². The van der Waals surface area contributed by atoms with Gasteiger partial charge in [0.25, 0.3) is 10.0 Å². The van der Waals surface area contributed by atoms with Gasteiger partial charge in [0.1, 0.15) is 23.0 Å². The molecule has 0 saturated carbocycles. The van der Waals surface area contributed by atoms with Crippen molar-refractivity contribution in [3.63, 3.8) is 0 Å². The smallest absolute Gasteiger partial charge is 0.303 e. The Morgan fingerprint density at radius 1 is 0.914 bits per heavy atom. The molecule has 4 aromatic rings. The van der Waals surface area contributed by atoms with E-state index in [-0.39, 0.29) is 17.7 Å². The van der Waals surface area contributed by atoms with Gasteiger partial charge in [-0.25, -0.2) is 12.4 Å². The van der Waals surface area contributed by atoms with Crippen LogP contribution in [0.2, 0.25) is 0 Å². The SMILES string of the molecule is CCOc1ccc2c(c1)c(CCC(=O)O)cn2S(=O)(=O)c1ccc(Oc2ccc(OC)cc2)cc1. The van der Waals surface area contributed by atoms with Crippen LogP contribution < -0.4 is 14.2 Å². The highest BCUT2D eigenvalue weighted by molar-refractivity contribution is 7.90. The third kappa shape index (κ3) is 5.25. The zero-order valence-electron chi connectivity index (χ0n) is 19.3. The van der Waals surface area contributed by atoms with Gasteiger partial charge >= 0.3 is 5.97 Å². The fraction of sp³-hybridized carbons (Fsp3) is 0.192. The maximum absolute atomic E-state index is 13.5. The van der Waals surface area contributed by atoms with Crippen molar-refractivity contribution in [1.29, 1.82) is 0 Å². The first-order valence-electron chi connectivity index (χ1n) is 11.0. The summed E-state index contributed by atoms with van der Waals surface area (Å²) < 4.78 is 44.7. The Morgan fingerprint density at radius 2 is 1.51 bits per heavy atom. The van der Waals surface area contributed by atoms with E-state index < -0.39 is 16.0 Å². The number of nitrogens with zero attached hydrogens (tertiary/aromatic N) is 1. The summed E-state index contributed by atoms with van der Waals surface area (Å²) in [7, 11) is -2.37. The fourth-order valence-electron chi connectivity index (χ4n) is 3.71. The van der Waals surface area contributed by atoms with Crippen molar-refractivity contribution in [3.05, 3.63) is 78.5 Å². The zero-order valence-corrected chi connectivity index (χ0v) is 20.1. The molecule has 1 N–H and O–H groups in total. The van der Waals surface area contributed by atoms with Crippen LogP contribution in [-0.2, 0) is 21.2 Å². The lowest BCUT2D eigenvalue weighted by atomic mass is 10.1. The number of carbonyl (C=O) groups is 1. The van der Waals surface area contributed by atoms with E-state index in [1.165, 1.54) is 22.3 Å². The average Bonchev–Trinajstić information content (AvgIpc) is 3.22. The molecule has 0 aliphatic carbocycles. The molecule has 182 valence electrons. The second-order valence-electron chi connectivity index (χ2n) is 7.71. The minimum Gasteiger partial charge on any atom is -0.497 e. The molecule has 1 aromatic heterocycles. The summed E-state index contributed by atoms with van der Waals surface area (Å²) in [4.78, 5) is 11.2. The number of rotatable bonds is 10. The number of carboxylic acids is 1. The van der Waals surface area contributed by atoms with E-state index in [2.05, 4.69) is 0 Å². The van der Waals surface area contributed by atoms with Crippen LogP contribution in [0.15, 0.2) is 77.8 Å². The number of hydrogen-bond donors (Lipinski definition) is 1. The molecule has 4 rings (SSSR count). The fourth-order valence-corrected chi connectivity index (χ4v) is 5.11. The minimum absolute atomic E-state index is 0.0788. The van der Waals surface area contributed by atoms with Crippen molar-refractivity contribution in [1.82, 2.24) is 3.97 Å². The quantitative estimate of drug-likeness (QED) is 0.327. The zero-order chi connectivity index (χ0) is 25.0. The summed E-state index contributed by atoms with van der Waals surface area (Å²) in [6, 6.07) is 18.3. The van der Waals surface area contributed by atoms with Crippen molar-refractivity contribution in [2.45, 2.75) is 24.7 Å². The summed E-state index contributed by atoms with van der Waals surface area (Å²) in [5.74, 6) is 1.41. The molecule has 0 unspecified atom stereocenters. The molecule has 0 radical (unpaired) electrons. The second kappa shape index (κ2) is 10.1. The van der Waals surface area contributed by atoms with Crippen LogP contribution in [0.5, 0.6) is 23.0 Å². The predicted molar refractivity (Wildman–Crippen MR) is 131 cm³/mol. The highest BCUT2D eigenvalue weighted by Gasteiger charge is 2.22. The molecule has 1 heterocycles. The molecular weight excluding hydrogens is 470 g/mol. The molecule has 8 nitrogen and oxygen atoms in total. The number of carboxylic acid groups (broad SMARTS) is 1. The number of methoxy groups -OCH3 is 1. The van der Waals surface area contributed by atoms with Gasteiger partial charge in [0, 0.05) is 18.0 Å². The van der Waals surface area contributed by atoms with Crippen molar-refractivity contribution < 1.29 is 32.5 Å². The van der Waals surface area contributed by atoms with Gasteiger partial charge in [0.2, 0.25) is 0 Å². The summed E-state index contributed by atoms with van der Waals surface area (Å²) in [5, 5.41) is 9.76. The third-order valence-electron chi connectivity index (χ3n) is 5.42. The van der Waals surface area contributed by atoms with E-state index in [0.29, 0.717) is 46.1 Å². The van der Waals surface area contributed by atoms with E-state index in [1.54, 1.807) is 61.7 Å². The van der Waals surface area contributed by atoms with E-state index in [0.717, 1.165) is 0 Å². The Labute approximate surface area is 203 Å². The monoisotopic (exact) mass is 495 g/mol. The summed E-state index contributed by atoms with van der Waals surface area (Å²) in [5.41, 5.74) is 1.07. The topological polar surface area (TPSA) is 104 Å². The molecule has 0 atom stereocenters. The Bertz CT molecular complexity index is 1440. The molecule has 9 heteroatoms. The van der Waals surface area contributed by atoms with Crippen LogP contribution in [0.25, 0.3) is 10.9 Å². The molecule has 0 saturated heterocycles. The molecule has 35 heavy (non-hydrogen) atoms. The molecule has 0 amide bonds. The van der Waals surface area contributed by atoms with Crippen LogP contribution in [0.1, 0.15) is 18.9 Å². The summed E-state index contributed by atoms with van der Waals surface area (Å²) >= 11 is 0. The van der Waals surface area contributed by atoms with Crippen molar-refractivity contribution in [2.24, 2.45) is 0 Å². The maximum Gasteiger partial charge on any atom is 0.303 e. The molecule has 0 aliphatic rings. The number of hydrogen-bond acceptors (Lipinski definition) is 6.